The van der Waals surface area contributed by atoms with E-state index in [1.165, 1.54) is 0 Å². The molecule has 3 aromatic rings. The maximum absolute atomic E-state index is 12.4. The van der Waals surface area contributed by atoms with Gasteiger partial charge in [0.25, 0.3) is 5.91 Å². The lowest BCUT2D eigenvalue weighted by Crippen LogP contribution is -2.24. The molecular formula is C19H20N4O3. The van der Waals surface area contributed by atoms with E-state index in [-0.39, 0.29) is 11.6 Å². The molecule has 0 aliphatic heterocycles. The number of para-hydroxylation sites is 2. The first-order valence-corrected chi connectivity index (χ1v) is 8.31. The number of aromatic nitrogens is 2. The average molecular weight is 352 g/mol. The van der Waals surface area contributed by atoms with Crippen LogP contribution < -0.4 is 15.4 Å². The van der Waals surface area contributed by atoms with Gasteiger partial charge in [-0.3, -0.25) is 4.79 Å². The molecule has 0 aliphatic rings. The number of amides is 1. The normalized spacial score (nSPS) is 10.4. The molecule has 2 aromatic heterocycles. The fourth-order valence-electron chi connectivity index (χ4n) is 2.41. The van der Waals surface area contributed by atoms with Gasteiger partial charge in [0.15, 0.2) is 0 Å². The summed E-state index contributed by atoms with van der Waals surface area (Å²) in [5.41, 5.74) is 1.05. The van der Waals surface area contributed by atoms with Gasteiger partial charge in [-0.1, -0.05) is 12.1 Å². The molecule has 0 saturated heterocycles. The highest BCUT2D eigenvalue weighted by atomic mass is 16.5. The second-order valence-corrected chi connectivity index (χ2v) is 5.50. The Morgan fingerprint density at radius 1 is 1.19 bits per heavy atom. The largest absolute Gasteiger partial charge is 0.492 e. The van der Waals surface area contributed by atoms with Gasteiger partial charge in [-0.15, -0.1) is 0 Å². The summed E-state index contributed by atoms with van der Waals surface area (Å²) in [6, 6.07) is 12.7. The van der Waals surface area contributed by atoms with Crippen LogP contribution in [0.4, 0.5) is 11.5 Å². The molecule has 2 heterocycles. The third-order valence-corrected chi connectivity index (χ3v) is 3.52. The number of benzene rings is 1. The molecule has 1 amide bonds. The van der Waals surface area contributed by atoms with Crippen LogP contribution in [0.5, 0.6) is 5.75 Å². The van der Waals surface area contributed by atoms with E-state index in [1.54, 1.807) is 31.4 Å². The Balaban J connectivity index is 1.76. The van der Waals surface area contributed by atoms with Gasteiger partial charge in [0.05, 0.1) is 25.1 Å². The number of hydrogen-bond acceptors (Lipinski definition) is 6. The second kappa shape index (κ2) is 8.15. The van der Waals surface area contributed by atoms with E-state index in [4.69, 9.17) is 9.15 Å². The summed E-state index contributed by atoms with van der Waals surface area (Å²) in [5, 5.41) is 5.96. The van der Waals surface area contributed by atoms with Crippen LogP contribution in [0.3, 0.4) is 0 Å². The Morgan fingerprint density at radius 3 is 2.81 bits per heavy atom. The van der Waals surface area contributed by atoms with Crippen molar-refractivity contribution in [3.05, 3.63) is 66.0 Å². The Hall–Kier alpha value is -3.35. The monoisotopic (exact) mass is 352 g/mol. The zero-order chi connectivity index (χ0) is 18.4. The van der Waals surface area contributed by atoms with Crippen molar-refractivity contribution in [2.24, 2.45) is 0 Å². The molecular weight excluding hydrogens is 332 g/mol. The zero-order valence-electron chi connectivity index (χ0n) is 14.7. The predicted octanol–water partition coefficient (Wildman–Crippen LogP) is 3.45. The molecule has 3 rings (SSSR count). The van der Waals surface area contributed by atoms with Crippen molar-refractivity contribution in [1.29, 1.82) is 0 Å². The van der Waals surface area contributed by atoms with Gasteiger partial charge in [0.2, 0.25) is 0 Å². The van der Waals surface area contributed by atoms with Crippen molar-refractivity contribution < 1.29 is 13.9 Å². The van der Waals surface area contributed by atoms with Crippen LogP contribution in [0.2, 0.25) is 0 Å². The Bertz CT molecular complexity index is 878. The van der Waals surface area contributed by atoms with E-state index in [9.17, 15) is 4.79 Å². The summed E-state index contributed by atoms with van der Waals surface area (Å²) in [7, 11) is 0. The number of furan rings is 1. The third kappa shape index (κ3) is 4.38. The Kier molecular flexibility index (Phi) is 5.48. The van der Waals surface area contributed by atoms with Crippen molar-refractivity contribution in [3.63, 3.8) is 0 Å². The minimum absolute atomic E-state index is 0.278. The quantitative estimate of drug-likeness (QED) is 0.677. The maximum atomic E-state index is 12.4. The minimum atomic E-state index is -0.298. The maximum Gasteiger partial charge on any atom is 0.270 e. The molecule has 26 heavy (non-hydrogen) atoms. The van der Waals surface area contributed by atoms with E-state index >= 15 is 0 Å². The molecule has 0 radical (unpaired) electrons. The molecule has 0 fully saturated rings. The van der Waals surface area contributed by atoms with Crippen molar-refractivity contribution >= 4 is 17.4 Å². The molecule has 0 aliphatic carbocycles. The fourth-order valence-corrected chi connectivity index (χ4v) is 2.41. The Labute approximate surface area is 151 Å². The first-order valence-electron chi connectivity index (χ1n) is 8.31. The first kappa shape index (κ1) is 17.5. The van der Waals surface area contributed by atoms with Crippen LogP contribution in [0.15, 0.2) is 53.1 Å². The summed E-state index contributed by atoms with van der Waals surface area (Å²) >= 11 is 0. The summed E-state index contributed by atoms with van der Waals surface area (Å²) in [5.74, 6) is 2.11. The summed E-state index contributed by atoms with van der Waals surface area (Å²) in [6.07, 6.45) is 1.56. The molecule has 0 atom stereocenters. The van der Waals surface area contributed by atoms with E-state index in [0.29, 0.717) is 30.6 Å². The van der Waals surface area contributed by atoms with Crippen molar-refractivity contribution in [2.75, 3.05) is 11.9 Å². The number of nitrogens with one attached hydrogen (secondary N) is 2. The number of aryl methyl sites for hydroxylation is 1. The predicted molar refractivity (Wildman–Crippen MR) is 97.5 cm³/mol. The molecule has 7 nitrogen and oxygen atoms in total. The second-order valence-electron chi connectivity index (χ2n) is 5.50. The van der Waals surface area contributed by atoms with Crippen molar-refractivity contribution in [1.82, 2.24) is 15.3 Å². The number of hydrogen-bond donors (Lipinski definition) is 2. The number of carbonyl (C=O) groups is 1. The molecule has 0 bridgehead atoms. The van der Waals surface area contributed by atoms with Gasteiger partial charge >= 0.3 is 0 Å². The van der Waals surface area contributed by atoms with Crippen molar-refractivity contribution in [2.45, 2.75) is 20.4 Å². The summed E-state index contributed by atoms with van der Waals surface area (Å²) in [4.78, 5) is 20.9. The smallest absolute Gasteiger partial charge is 0.270 e. The topological polar surface area (TPSA) is 89.3 Å². The van der Waals surface area contributed by atoms with Crippen LogP contribution in [0.1, 0.15) is 29.0 Å². The molecule has 1 aromatic carbocycles. The van der Waals surface area contributed by atoms with Crippen molar-refractivity contribution in [3.8, 4) is 5.75 Å². The molecule has 0 spiro atoms. The standard InChI is InChI=1S/C19H20N4O3/c1-3-25-17-9-5-4-8-15(17)23-18-11-16(21-13(2)22-18)19(24)20-12-14-7-6-10-26-14/h4-11H,3,12H2,1-2H3,(H,20,24)(H,21,22,23). The van der Waals surface area contributed by atoms with E-state index < -0.39 is 0 Å². The zero-order valence-corrected chi connectivity index (χ0v) is 14.7. The van der Waals surface area contributed by atoms with Crippen LogP contribution in [0, 0.1) is 6.92 Å². The number of ether oxygens (including phenoxy) is 1. The molecule has 0 saturated carbocycles. The van der Waals surface area contributed by atoms with Gasteiger partial charge in [-0.2, -0.15) is 0 Å². The molecule has 0 unspecified atom stereocenters. The van der Waals surface area contributed by atoms with Gasteiger partial charge in [0, 0.05) is 6.07 Å². The summed E-state index contributed by atoms with van der Waals surface area (Å²) in [6.45, 7) is 4.52. The average Bonchev–Trinajstić information content (AvgIpc) is 3.15. The lowest BCUT2D eigenvalue weighted by Gasteiger charge is -2.12. The van der Waals surface area contributed by atoms with Gasteiger partial charge in [-0.25, -0.2) is 9.97 Å². The van der Waals surface area contributed by atoms with Crippen LogP contribution in [-0.4, -0.2) is 22.5 Å². The highest BCUT2D eigenvalue weighted by molar-refractivity contribution is 5.93. The lowest BCUT2D eigenvalue weighted by atomic mass is 10.2. The van der Waals surface area contributed by atoms with Crippen LogP contribution >= 0.6 is 0 Å². The molecule has 134 valence electrons. The number of anilines is 2. The highest BCUT2D eigenvalue weighted by Gasteiger charge is 2.12. The lowest BCUT2D eigenvalue weighted by molar-refractivity contribution is 0.0942. The fraction of sp³-hybridized carbons (Fsp3) is 0.211. The van der Waals surface area contributed by atoms with E-state index in [2.05, 4.69) is 20.6 Å². The van der Waals surface area contributed by atoms with Crippen LogP contribution in [-0.2, 0) is 6.54 Å². The van der Waals surface area contributed by atoms with E-state index in [1.807, 2.05) is 31.2 Å². The van der Waals surface area contributed by atoms with Gasteiger partial charge < -0.3 is 19.8 Å². The first-order chi connectivity index (χ1) is 12.7. The van der Waals surface area contributed by atoms with Gasteiger partial charge in [0.1, 0.15) is 28.8 Å². The number of rotatable bonds is 7. The van der Waals surface area contributed by atoms with Gasteiger partial charge in [-0.05, 0) is 38.1 Å². The highest BCUT2D eigenvalue weighted by Crippen LogP contribution is 2.26. The number of nitrogens with zero attached hydrogens (tertiary/aromatic N) is 2. The minimum Gasteiger partial charge on any atom is -0.492 e. The third-order valence-electron chi connectivity index (χ3n) is 3.52. The molecule has 2 N–H and O–H groups in total. The Morgan fingerprint density at radius 2 is 2.04 bits per heavy atom. The van der Waals surface area contributed by atoms with Crippen LogP contribution in [0.25, 0.3) is 0 Å². The molecule has 7 heteroatoms. The van der Waals surface area contributed by atoms with E-state index in [0.717, 1.165) is 11.4 Å². The summed E-state index contributed by atoms with van der Waals surface area (Å²) < 4.78 is 10.8. The SMILES string of the molecule is CCOc1ccccc1Nc1cc(C(=O)NCc2ccco2)nc(C)n1. The number of carbonyl (C=O) groups excluding carboxylic acids is 1.